The maximum absolute atomic E-state index is 12.3. The third kappa shape index (κ3) is 3.25. The number of nitrogens with two attached hydrogens (primary N) is 1. The van der Waals surface area contributed by atoms with E-state index < -0.39 is 0 Å². The molecular formula is C14H23N5O. The number of carbonyl (C=O) groups excluding carboxylic acids is 1. The Kier molecular flexibility index (Phi) is 4.89. The van der Waals surface area contributed by atoms with E-state index in [4.69, 9.17) is 5.73 Å². The highest BCUT2D eigenvalue weighted by Crippen LogP contribution is 2.14. The number of piperazine rings is 1. The van der Waals surface area contributed by atoms with E-state index in [1.54, 1.807) is 6.20 Å². The summed E-state index contributed by atoms with van der Waals surface area (Å²) in [7, 11) is 0. The highest BCUT2D eigenvalue weighted by Gasteiger charge is 2.28. The molecule has 2 unspecified atom stereocenters. The van der Waals surface area contributed by atoms with Gasteiger partial charge in [0.25, 0.3) is 0 Å². The molecule has 0 bridgehead atoms. The summed E-state index contributed by atoms with van der Waals surface area (Å²) in [5, 5.41) is 7.98. The zero-order valence-electron chi connectivity index (χ0n) is 12.2. The third-order valence-electron chi connectivity index (χ3n) is 4.02. The summed E-state index contributed by atoms with van der Waals surface area (Å²) < 4.78 is 0. The van der Waals surface area contributed by atoms with Gasteiger partial charge in [-0.15, -0.1) is 5.10 Å². The van der Waals surface area contributed by atoms with Crippen molar-refractivity contribution < 1.29 is 4.79 Å². The summed E-state index contributed by atoms with van der Waals surface area (Å²) in [6, 6.07) is 3.43. The van der Waals surface area contributed by atoms with E-state index in [-0.39, 0.29) is 17.9 Å². The van der Waals surface area contributed by atoms with Crippen LogP contribution in [-0.4, -0.2) is 53.2 Å². The zero-order valence-corrected chi connectivity index (χ0v) is 12.2. The Labute approximate surface area is 120 Å². The van der Waals surface area contributed by atoms with Crippen molar-refractivity contribution in [2.75, 3.05) is 31.1 Å². The molecule has 1 aromatic heterocycles. The van der Waals surface area contributed by atoms with Gasteiger partial charge in [0.05, 0.1) is 6.04 Å². The highest BCUT2D eigenvalue weighted by atomic mass is 16.2. The Morgan fingerprint density at radius 1 is 1.40 bits per heavy atom. The average Bonchev–Trinajstić information content (AvgIpc) is 2.53. The maximum Gasteiger partial charge on any atom is 0.239 e. The predicted octanol–water partition coefficient (Wildman–Crippen LogP) is 0.499. The van der Waals surface area contributed by atoms with E-state index in [9.17, 15) is 4.79 Å². The van der Waals surface area contributed by atoms with Crippen molar-refractivity contribution in [2.45, 2.75) is 26.3 Å². The molecule has 1 amide bonds. The summed E-state index contributed by atoms with van der Waals surface area (Å²) in [6.45, 7) is 7.02. The fraction of sp³-hybridized carbons (Fsp3) is 0.643. The maximum atomic E-state index is 12.3. The lowest BCUT2D eigenvalue weighted by Crippen LogP contribution is -2.54. The first-order valence-corrected chi connectivity index (χ1v) is 7.20. The van der Waals surface area contributed by atoms with Crippen molar-refractivity contribution in [3.63, 3.8) is 0 Å². The second-order valence-corrected chi connectivity index (χ2v) is 5.31. The molecule has 0 spiro atoms. The fourth-order valence-corrected chi connectivity index (χ4v) is 2.33. The fourth-order valence-electron chi connectivity index (χ4n) is 2.33. The molecule has 6 heteroatoms. The lowest BCUT2D eigenvalue weighted by Gasteiger charge is -2.37. The second kappa shape index (κ2) is 6.65. The summed E-state index contributed by atoms with van der Waals surface area (Å²) in [5.41, 5.74) is 6.02. The summed E-state index contributed by atoms with van der Waals surface area (Å²) in [5.74, 6) is 1.16. The third-order valence-corrected chi connectivity index (χ3v) is 4.02. The van der Waals surface area contributed by atoms with Crippen molar-refractivity contribution in [2.24, 2.45) is 11.7 Å². The van der Waals surface area contributed by atoms with Crippen LogP contribution in [0, 0.1) is 5.92 Å². The lowest BCUT2D eigenvalue weighted by molar-refractivity contribution is -0.134. The van der Waals surface area contributed by atoms with E-state index in [1.165, 1.54) is 0 Å². The van der Waals surface area contributed by atoms with Crippen LogP contribution < -0.4 is 10.6 Å². The highest BCUT2D eigenvalue weighted by molar-refractivity contribution is 5.82. The largest absolute Gasteiger partial charge is 0.352 e. The van der Waals surface area contributed by atoms with Crippen LogP contribution in [0.25, 0.3) is 0 Å². The van der Waals surface area contributed by atoms with Gasteiger partial charge in [-0.05, 0) is 18.1 Å². The molecule has 0 aliphatic carbocycles. The first kappa shape index (κ1) is 14.7. The Hall–Kier alpha value is -1.69. The number of carbonyl (C=O) groups is 1. The summed E-state index contributed by atoms with van der Waals surface area (Å²) in [6.07, 6.45) is 2.58. The van der Waals surface area contributed by atoms with Gasteiger partial charge in [-0.2, -0.15) is 5.10 Å². The van der Waals surface area contributed by atoms with Gasteiger partial charge in [0.1, 0.15) is 0 Å². The van der Waals surface area contributed by atoms with Gasteiger partial charge in [-0.25, -0.2) is 0 Å². The van der Waals surface area contributed by atoms with Crippen LogP contribution in [0.1, 0.15) is 20.3 Å². The van der Waals surface area contributed by atoms with E-state index >= 15 is 0 Å². The zero-order chi connectivity index (χ0) is 14.5. The molecule has 0 radical (unpaired) electrons. The predicted molar refractivity (Wildman–Crippen MR) is 78.3 cm³/mol. The SMILES string of the molecule is CCC(C)C(N)C(=O)N1CCN(c2cccnn2)CC1. The molecule has 1 saturated heterocycles. The Morgan fingerprint density at radius 3 is 2.65 bits per heavy atom. The molecule has 1 aromatic rings. The topological polar surface area (TPSA) is 75.4 Å². The first-order valence-electron chi connectivity index (χ1n) is 7.20. The van der Waals surface area contributed by atoms with Gasteiger partial charge in [-0.1, -0.05) is 20.3 Å². The Morgan fingerprint density at radius 2 is 2.10 bits per heavy atom. The van der Waals surface area contributed by atoms with Gasteiger partial charge < -0.3 is 15.5 Å². The van der Waals surface area contributed by atoms with Crippen molar-refractivity contribution in [3.05, 3.63) is 18.3 Å². The number of rotatable bonds is 4. The van der Waals surface area contributed by atoms with E-state index in [2.05, 4.69) is 22.0 Å². The number of hydrogen-bond donors (Lipinski definition) is 1. The molecule has 1 fully saturated rings. The van der Waals surface area contributed by atoms with Crippen molar-refractivity contribution in [1.29, 1.82) is 0 Å². The monoisotopic (exact) mass is 277 g/mol. The van der Waals surface area contributed by atoms with Gasteiger partial charge in [-0.3, -0.25) is 4.79 Å². The molecule has 2 rings (SSSR count). The van der Waals surface area contributed by atoms with Crippen molar-refractivity contribution in [3.8, 4) is 0 Å². The van der Waals surface area contributed by atoms with E-state index in [0.29, 0.717) is 13.1 Å². The normalized spacial score (nSPS) is 18.8. The molecule has 110 valence electrons. The number of amides is 1. The van der Waals surface area contributed by atoms with Crippen molar-refractivity contribution >= 4 is 11.7 Å². The molecule has 1 aliphatic rings. The van der Waals surface area contributed by atoms with Crippen LogP contribution in [0.5, 0.6) is 0 Å². The number of anilines is 1. The summed E-state index contributed by atoms with van der Waals surface area (Å²) >= 11 is 0. The standard InChI is InChI=1S/C14H23N5O/c1-3-11(2)13(15)14(20)19-9-7-18(8-10-19)12-5-4-6-16-17-12/h4-6,11,13H,3,7-10,15H2,1-2H3. The average molecular weight is 277 g/mol. The minimum Gasteiger partial charge on any atom is -0.352 e. The molecule has 2 heterocycles. The first-order chi connectivity index (χ1) is 9.63. The molecule has 0 saturated carbocycles. The lowest BCUT2D eigenvalue weighted by atomic mass is 9.98. The minimum atomic E-state index is -0.386. The smallest absolute Gasteiger partial charge is 0.239 e. The van der Waals surface area contributed by atoms with Crippen LogP contribution in [0.15, 0.2) is 18.3 Å². The number of hydrogen-bond acceptors (Lipinski definition) is 5. The Bertz CT molecular complexity index is 430. The molecule has 2 atom stereocenters. The van der Waals surface area contributed by atoms with Crippen LogP contribution in [0.2, 0.25) is 0 Å². The van der Waals surface area contributed by atoms with Crippen molar-refractivity contribution in [1.82, 2.24) is 15.1 Å². The number of nitrogens with zero attached hydrogens (tertiary/aromatic N) is 4. The Balaban J connectivity index is 1.90. The molecule has 20 heavy (non-hydrogen) atoms. The molecular weight excluding hydrogens is 254 g/mol. The van der Waals surface area contributed by atoms with Crippen LogP contribution in [0.3, 0.4) is 0 Å². The molecule has 6 nitrogen and oxygen atoms in total. The summed E-state index contributed by atoms with van der Waals surface area (Å²) in [4.78, 5) is 16.3. The van der Waals surface area contributed by atoms with Gasteiger partial charge >= 0.3 is 0 Å². The minimum absolute atomic E-state index is 0.0677. The molecule has 2 N–H and O–H groups in total. The quantitative estimate of drug-likeness (QED) is 0.867. The number of aromatic nitrogens is 2. The van der Waals surface area contributed by atoms with Crippen LogP contribution in [-0.2, 0) is 4.79 Å². The van der Waals surface area contributed by atoms with Gasteiger partial charge in [0, 0.05) is 32.4 Å². The van der Waals surface area contributed by atoms with E-state index in [1.807, 2.05) is 24.0 Å². The molecule has 1 aliphatic heterocycles. The van der Waals surface area contributed by atoms with Gasteiger partial charge in [0.15, 0.2) is 5.82 Å². The van der Waals surface area contributed by atoms with E-state index in [0.717, 1.165) is 25.3 Å². The second-order valence-electron chi connectivity index (χ2n) is 5.31. The van der Waals surface area contributed by atoms with Crippen LogP contribution in [0.4, 0.5) is 5.82 Å². The van der Waals surface area contributed by atoms with Crippen LogP contribution >= 0.6 is 0 Å². The van der Waals surface area contributed by atoms with Gasteiger partial charge in [0.2, 0.25) is 5.91 Å². The molecule has 0 aromatic carbocycles.